The molecule has 132 valence electrons. The molecule has 2 atom stereocenters. The van der Waals surface area contributed by atoms with E-state index in [1.807, 2.05) is 38.1 Å². The highest BCUT2D eigenvalue weighted by molar-refractivity contribution is 14.1. The molecular formula is C16H23IN4O3. The molecule has 0 aliphatic carbocycles. The normalized spacial score (nSPS) is 14.4. The minimum Gasteiger partial charge on any atom is -0.380 e. The molecule has 1 aromatic carbocycles. The van der Waals surface area contributed by atoms with E-state index in [0.717, 1.165) is 9.13 Å². The second kappa shape index (κ2) is 9.83. The molecule has 0 saturated carbocycles. The first-order chi connectivity index (χ1) is 11.3. The van der Waals surface area contributed by atoms with Crippen LogP contribution in [0.5, 0.6) is 0 Å². The fourth-order valence-corrected chi connectivity index (χ4v) is 2.77. The van der Waals surface area contributed by atoms with Gasteiger partial charge in [-0.05, 0) is 58.7 Å². The molecule has 0 spiro atoms. The lowest BCUT2D eigenvalue weighted by molar-refractivity contribution is -0.177. The fourth-order valence-electron chi connectivity index (χ4n) is 2.22. The number of likely N-dealkylation sites (N-methyl/N-ethyl adjacent to an activating group) is 1. The first-order valence-electron chi connectivity index (χ1n) is 7.52. The van der Waals surface area contributed by atoms with E-state index in [4.69, 9.17) is 15.1 Å². The van der Waals surface area contributed by atoms with Gasteiger partial charge in [0.05, 0.1) is 19.1 Å². The molecule has 2 unspecified atom stereocenters. The summed E-state index contributed by atoms with van der Waals surface area (Å²) in [7, 11) is 3.04. The molecule has 0 aromatic heterocycles. The maximum atomic E-state index is 12.8. The molecule has 0 fully saturated rings. The Morgan fingerprint density at radius 2 is 2.25 bits per heavy atom. The number of rotatable bonds is 9. The van der Waals surface area contributed by atoms with Crippen molar-refractivity contribution in [1.29, 1.82) is 0 Å². The zero-order chi connectivity index (χ0) is 18.2. The Hall–Kier alpha value is -1.35. The van der Waals surface area contributed by atoms with Crippen LogP contribution in [-0.2, 0) is 19.8 Å². The Bertz CT molecular complexity index is 607. The van der Waals surface area contributed by atoms with Crippen molar-refractivity contribution in [2.45, 2.75) is 19.3 Å². The lowest BCUT2D eigenvalue weighted by Gasteiger charge is -2.32. The summed E-state index contributed by atoms with van der Waals surface area (Å²) in [6, 6.07) is 7.77. The highest BCUT2D eigenvalue weighted by Crippen LogP contribution is 2.28. The molecule has 0 radical (unpaired) electrons. The van der Waals surface area contributed by atoms with Crippen molar-refractivity contribution < 1.29 is 14.4 Å². The summed E-state index contributed by atoms with van der Waals surface area (Å²) in [5.74, 6) is -0.106. The summed E-state index contributed by atoms with van der Waals surface area (Å²) in [4.78, 5) is 20.6. The van der Waals surface area contributed by atoms with E-state index in [-0.39, 0.29) is 18.4 Å². The Balaban J connectivity index is 2.94. The minimum absolute atomic E-state index is 0.0799. The van der Waals surface area contributed by atoms with Gasteiger partial charge >= 0.3 is 0 Å². The zero-order valence-corrected chi connectivity index (χ0v) is 16.6. The number of halogens is 1. The summed E-state index contributed by atoms with van der Waals surface area (Å²) in [6.07, 6.45) is 0. The minimum atomic E-state index is -0.871. The molecule has 0 N–H and O–H groups in total. The molecule has 7 nitrogen and oxygen atoms in total. The van der Waals surface area contributed by atoms with Crippen LogP contribution in [0.25, 0.3) is 10.4 Å². The maximum Gasteiger partial charge on any atom is 0.258 e. The summed E-state index contributed by atoms with van der Waals surface area (Å²) in [5.41, 5.74) is 8.35. The average Bonchev–Trinajstić information content (AvgIpc) is 2.58. The van der Waals surface area contributed by atoms with Crippen LogP contribution in [0.2, 0.25) is 0 Å². The van der Waals surface area contributed by atoms with E-state index < -0.39 is 5.41 Å². The average molecular weight is 446 g/mol. The van der Waals surface area contributed by atoms with Gasteiger partial charge in [-0.1, -0.05) is 24.2 Å². The SMILES string of the molecule is CON(C)C(=O)C(C)(COCC(C)CN=[N+]=[N-])c1cccc(I)c1. The molecule has 1 amide bonds. The van der Waals surface area contributed by atoms with Gasteiger partial charge in [0.25, 0.3) is 5.91 Å². The van der Waals surface area contributed by atoms with Gasteiger partial charge in [0.1, 0.15) is 0 Å². The monoisotopic (exact) mass is 446 g/mol. The molecule has 24 heavy (non-hydrogen) atoms. The Labute approximate surface area is 156 Å². The van der Waals surface area contributed by atoms with Crippen molar-refractivity contribution in [2.24, 2.45) is 11.0 Å². The fraction of sp³-hybridized carbons (Fsp3) is 0.562. The van der Waals surface area contributed by atoms with Crippen molar-refractivity contribution in [2.75, 3.05) is 33.9 Å². The lowest BCUT2D eigenvalue weighted by atomic mass is 9.82. The number of hydrogen-bond acceptors (Lipinski definition) is 4. The number of amides is 1. The third kappa shape index (κ3) is 5.62. The Morgan fingerprint density at radius 3 is 2.83 bits per heavy atom. The maximum absolute atomic E-state index is 12.8. The van der Waals surface area contributed by atoms with E-state index in [1.54, 1.807) is 7.05 Å². The van der Waals surface area contributed by atoms with Gasteiger partial charge in [-0.15, -0.1) is 0 Å². The van der Waals surface area contributed by atoms with Crippen LogP contribution in [0.15, 0.2) is 29.4 Å². The van der Waals surface area contributed by atoms with Gasteiger partial charge in [0.15, 0.2) is 0 Å². The first kappa shape index (κ1) is 20.7. The number of benzene rings is 1. The summed E-state index contributed by atoms with van der Waals surface area (Å²) >= 11 is 2.22. The van der Waals surface area contributed by atoms with Crippen LogP contribution in [0.1, 0.15) is 19.4 Å². The van der Waals surface area contributed by atoms with Crippen molar-refractivity contribution in [3.05, 3.63) is 43.8 Å². The number of hydroxylamine groups is 2. The molecule has 1 rings (SSSR count). The second-order valence-corrected chi connectivity index (χ2v) is 7.11. The van der Waals surface area contributed by atoms with E-state index in [9.17, 15) is 4.79 Å². The van der Waals surface area contributed by atoms with E-state index in [1.165, 1.54) is 12.2 Å². The lowest BCUT2D eigenvalue weighted by Crippen LogP contribution is -2.46. The van der Waals surface area contributed by atoms with Gasteiger partial charge in [-0.3, -0.25) is 9.63 Å². The number of carbonyl (C=O) groups excluding carboxylic acids is 1. The number of hydrogen-bond donors (Lipinski definition) is 0. The Kier molecular flexibility index (Phi) is 8.47. The van der Waals surface area contributed by atoms with Crippen LogP contribution >= 0.6 is 22.6 Å². The molecule has 0 bridgehead atoms. The molecule has 1 aromatic rings. The van der Waals surface area contributed by atoms with E-state index >= 15 is 0 Å². The number of nitrogens with zero attached hydrogens (tertiary/aromatic N) is 4. The Morgan fingerprint density at radius 1 is 1.54 bits per heavy atom. The number of carbonyl (C=O) groups is 1. The first-order valence-corrected chi connectivity index (χ1v) is 8.60. The van der Waals surface area contributed by atoms with E-state index in [0.29, 0.717) is 13.2 Å². The molecule has 0 aliphatic heterocycles. The van der Waals surface area contributed by atoms with Gasteiger partial charge in [-0.25, -0.2) is 5.06 Å². The molecule has 0 heterocycles. The van der Waals surface area contributed by atoms with Gasteiger partial charge in [0.2, 0.25) is 0 Å². The quantitative estimate of drug-likeness (QED) is 0.191. The predicted octanol–water partition coefficient (Wildman–Crippen LogP) is 3.53. The number of ether oxygens (including phenoxy) is 1. The second-order valence-electron chi connectivity index (χ2n) is 5.86. The third-order valence-electron chi connectivity index (χ3n) is 3.74. The molecular weight excluding hydrogens is 423 g/mol. The smallest absolute Gasteiger partial charge is 0.258 e. The third-order valence-corrected chi connectivity index (χ3v) is 4.41. The van der Waals surface area contributed by atoms with Crippen LogP contribution in [-0.4, -0.2) is 44.9 Å². The molecule has 0 saturated heterocycles. The highest BCUT2D eigenvalue weighted by Gasteiger charge is 2.38. The van der Waals surface area contributed by atoms with Crippen molar-refractivity contribution in [3.63, 3.8) is 0 Å². The van der Waals surface area contributed by atoms with Crippen molar-refractivity contribution >= 4 is 28.5 Å². The summed E-state index contributed by atoms with van der Waals surface area (Å²) in [5, 5.41) is 4.75. The van der Waals surface area contributed by atoms with Crippen LogP contribution in [0.4, 0.5) is 0 Å². The predicted molar refractivity (Wildman–Crippen MR) is 100 cm³/mol. The van der Waals surface area contributed by atoms with Crippen LogP contribution in [0, 0.1) is 9.49 Å². The van der Waals surface area contributed by atoms with Gasteiger partial charge in [-0.2, -0.15) is 0 Å². The van der Waals surface area contributed by atoms with Crippen LogP contribution in [0.3, 0.4) is 0 Å². The summed E-state index contributed by atoms with van der Waals surface area (Å²) in [6.45, 7) is 4.75. The van der Waals surface area contributed by atoms with Crippen molar-refractivity contribution in [3.8, 4) is 0 Å². The van der Waals surface area contributed by atoms with E-state index in [2.05, 4.69) is 32.6 Å². The summed E-state index contributed by atoms with van der Waals surface area (Å²) < 4.78 is 6.82. The zero-order valence-electron chi connectivity index (χ0n) is 14.4. The topological polar surface area (TPSA) is 87.5 Å². The highest BCUT2D eigenvalue weighted by atomic mass is 127. The number of azide groups is 1. The van der Waals surface area contributed by atoms with Gasteiger partial charge < -0.3 is 4.74 Å². The van der Waals surface area contributed by atoms with Crippen molar-refractivity contribution in [1.82, 2.24) is 5.06 Å². The standard InChI is InChI=1S/C16H23IN4O3/c1-12(9-19-20-18)10-24-11-16(2,15(22)21(3)23-4)13-6-5-7-14(17)8-13/h5-8,12H,9-11H2,1-4H3. The molecule has 8 heteroatoms. The van der Waals surface area contributed by atoms with Gasteiger partial charge in [0, 0.05) is 28.7 Å². The van der Waals surface area contributed by atoms with Crippen LogP contribution < -0.4 is 0 Å². The molecule has 0 aliphatic rings. The largest absolute Gasteiger partial charge is 0.380 e.